The maximum atomic E-state index is 18.1. The van der Waals surface area contributed by atoms with Crippen molar-refractivity contribution in [2.45, 2.75) is 154 Å². The summed E-state index contributed by atoms with van der Waals surface area (Å²) in [6.45, 7) is 15.5. The topological polar surface area (TPSA) is 369 Å². The van der Waals surface area contributed by atoms with Crippen molar-refractivity contribution in [3.8, 4) is 22.3 Å². The molecule has 10 rings (SSSR count). The zero-order valence-corrected chi connectivity index (χ0v) is 72.2. The normalized spacial score (nSPS) is 14.4. The summed E-state index contributed by atoms with van der Waals surface area (Å²) < 4.78 is 13.1. The van der Waals surface area contributed by atoms with Crippen LogP contribution in [0.1, 0.15) is 117 Å². The Balaban J connectivity index is 1.16. The molecule has 0 aliphatic heterocycles. The average Bonchev–Trinajstić information content (AvgIpc) is 1.63. The monoisotopic (exact) mass is 1700 g/mol. The van der Waals surface area contributed by atoms with Crippen LogP contribution in [0.3, 0.4) is 0 Å². The highest BCUT2D eigenvalue weighted by Gasteiger charge is 2.51. The quantitative estimate of drug-likeness (QED) is 0.0180. The van der Waals surface area contributed by atoms with E-state index in [0.717, 1.165) is 44.5 Å². The number of benzene rings is 8. The molecule has 0 spiro atoms. The minimum atomic E-state index is -3.78. The molecule has 0 radical (unpaired) electrons. The second kappa shape index (κ2) is 38.9. The second-order valence-electron chi connectivity index (χ2n) is 31.4. The Kier molecular flexibility index (Phi) is 29.4. The number of amides is 13. The maximum absolute atomic E-state index is 18.1. The third-order valence-corrected chi connectivity index (χ3v) is 31.0. The molecule has 0 unspecified atom stereocenters. The number of rotatable bonds is 33. The van der Waals surface area contributed by atoms with Gasteiger partial charge in [0, 0.05) is 43.2 Å². The lowest BCUT2D eigenvalue weighted by atomic mass is 9.98. The summed E-state index contributed by atoms with van der Waals surface area (Å²) >= 11 is 14.0. The molecular formula is C90H101N11O15P2S2. The first-order valence-corrected chi connectivity index (χ1v) is 45.4. The molecule has 0 fully saturated rings. The van der Waals surface area contributed by atoms with E-state index in [2.05, 4.69) is 42.5 Å². The molecule has 120 heavy (non-hydrogen) atoms. The summed E-state index contributed by atoms with van der Waals surface area (Å²) in [6.07, 6.45) is -4.31. The molecule has 0 heterocycles. The van der Waals surface area contributed by atoms with Gasteiger partial charge in [0.2, 0.25) is 53.2 Å². The number of imide groups is 2. The number of hydrogen-bond donors (Lipinski definition) is 9. The minimum absolute atomic E-state index is 0.447. The molecule has 13 amide bonds. The Bertz CT molecular complexity index is 5140. The van der Waals surface area contributed by atoms with E-state index in [0.29, 0.717) is 31.0 Å². The van der Waals surface area contributed by atoms with Crippen LogP contribution in [0.25, 0.3) is 22.3 Å². The molecule has 0 saturated heterocycles. The Morgan fingerprint density at radius 2 is 0.683 bits per heavy atom. The lowest BCUT2D eigenvalue weighted by Gasteiger charge is -2.39. The van der Waals surface area contributed by atoms with Crippen molar-refractivity contribution in [1.82, 2.24) is 52.3 Å². The molecule has 0 aromatic heterocycles. The van der Waals surface area contributed by atoms with Crippen LogP contribution in [0.4, 0.5) is 9.59 Å². The van der Waals surface area contributed by atoms with Gasteiger partial charge in [-0.3, -0.25) is 52.7 Å². The summed E-state index contributed by atoms with van der Waals surface area (Å²) in [7, 11) is 0. The Morgan fingerprint density at radius 1 is 0.375 bits per heavy atom. The van der Waals surface area contributed by atoms with Gasteiger partial charge in [0.1, 0.15) is 72.6 Å². The third-order valence-electron chi connectivity index (χ3n) is 21.4. The third kappa shape index (κ3) is 20.7. The van der Waals surface area contributed by atoms with Gasteiger partial charge >= 0.3 is 12.2 Å². The Hall–Kier alpha value is -11.8. The van der Waals surface area contributed by atoms with Crippen LogP contribution in [0.5, 0.6) is 0 Å². The van der Waals surface area contributed by atoms with E-state index in [1.807, 2.05) is 97.1 Å². The summed E-state index contributed by atoms with van der Waals surface area (Å²) in [5.41, 5.74) is 8.35. The zero-order valence-electron chi connectivity index (χ0n) is 68.8. The van der Waals surface area contributed by atoms with Gasteiger partial charge in [0.15, 0.2) is 0 Å². The van der Waals surface area contributed by atoms with E-state index in [9.17, 15) is 33.6 Å². The van der Waals surface area contributed by atoms with Crippen LogP contribution >= 0.6 is 12.1 Å². The summed E-state index contributed by atoms with van der Waals surface area (Å²) in [4.78, 5) is 195. The van der Waals surface area contributed by atoms with E-state index in [1.165, 1.54) is 69.2 Å². The van der Waals surface area contributed by atoms with Crippen LogP contribution in [-0.4, -0.2) is 172 Å². The maximum Gasteiger partial charge on any atom is 0.417 e. The van der Waals surface area contributed by atoms with Gasteiger partial charge in [-0.05, 0) is 134 Å². The van der Waals surface area contributed by atoms with Crippen molar-refractivity contribution >= 4 is 134 Å². The molecule has 2 aliphatic rings. The summed E-state index contributed by atoms with van der Waals surface area (Å²) in [5, 5.41) is 22.6. The van der Waals surface area contributed by atoms with Crippen molar-refractivity contribution in [3.05, 3.63) is 241 Å². The van der Waals surface area contributed by atoms with Crippen molar-refractivity contribution < 1.29 is 71.8 Å². The fourth-order valence-electron chi connectivity index (χ4n) is 14.6. The second-order valence-corrected chi connectivity index (χ2v) is 40.9. The molecule has 30 heteroatoms. The van der Waals surface area contributed by atoms with Crippen molar-refractivity contribution in [2.24, 2.45) is 11.7 Å². The molecule has 0 saturated carbocycles. The van der Waals surface area contributed by atoms with Crippen molar-refractivity contribution in [3.63, 3.8) is 0 Å². The zero-order chi connectivity index (χ0) is 87.3. The number of nitrogens with one attached hydrogen (secondary N) is 8. The fourth-order valence-corrected chi connectivity index (χ4v) is 22.6. The van der Waals surface area contributed by atoms with E-state index in [-0.39, 0.29) is 0 Å². The van der Waals surface area contributed by atoms with Crippen molar-refractivity contribution in [1.29, 1.82) is 0 Å². The van der Waals surface area contributed by atoms with Crippen LogP contribution in [-0.2, 0) is 85.8 Å². The first-order chi connectivity index (χ1) is 56.9. The average molecular weight is 1700 g/mol. The summed E-state index contributed by atoms with van der Waals surface area (Å²) in [5.74, 6) is -12.7. The SMILES string of the molecule is CC(=O)N[C@@H](C)C(=O)NC(C)(C)C(=O)N[C@@H](C)C(=O)N[C@H](C(=O)N[C@@H](C)C(=O)N(C(=O)OCC1c2ccccc2-c2ccccc21)[C@@H](CP(=S)(c1ccccc1)c1ccccc1)C(=O)N(C(=O)OCC1c2ccccc2-c2ccccc21)[C@@H](CP(=S)(c1ccccc1)c1ccccc1)C(=O)N[C@@H](C)C(=O)NC(C)(C)C(=O)N[C@@H](C)C(N)=O)C(C)C. The van der Waals surface area contributed by atoms with Crippen LogP contribution in [0.2, 0.25) is 0 Å². The van der Waals surface area contributed by atoms with Gasteiger partial charge in [0.25, 0.3) is 11.8 Å². The van der Waals surface area contributed by atoms with Gasteiger partial charge in [-0.2, -0.15) is 0 Å². The number of hydrogen-bond acceptors (Lipinski definition) is 17. The van der Waals surface area contributed by atoms with Gasteiger partial charge in [-0.15, -0.1) is 0 Å². The fraction of sp³-hybridized carbons (Fsp3) is 0.322. The lowest BCUT2D eigenvalue weighted by Crippen LogP contribution is -2.65. The molecule has 2 aliphatic carbocycles. The van der Waals surface area contributed by atoms with Crippen LogP contribution < -0.4 is 69.5 Å². The van der Waals surface area contributed by atoms with Gasteiger partial charge in [0.05, 0.1) is 0 Å². The molecule has 628 valence electrons. The number of carbonyl (C=O) groups excluding carboxylic acids is 13. The van der Waals surface area contributed by atoms with Gasteiger partial charge in [-0.1, -0.05) is 256 Å². The predicted molar refractivity (Wildman–Crippen MR) is 468 cm³/mol. The number of nitrogens with zero attached hydrogens (tertiary/aromatic N) is 2. The predicted octanol–water partition coefficient (Wildman–Crippen LogP) is 7.50. The highest BCUT2D eigenvalue weighted by molar-refractivity contribution is 8.22. The smallest absolute Gasteiger partial charge is 0.417 e. The van der Waals surface area contributed by atoms with Crippen LogP contribution in [0, 0.1) is 5.92 Å². The summed E-state index contributed by atoms with van der Waals surface area (Å²) in [6, 6.07) is 43.9. The Labute approximate surface area is 708 Å². The van der Waals surface area contributed by atoms with E-state index < -0.39 is 192 Å². The molecule has 8 aromatic rings. The standard InChI is InChI=1S/C90H101N11O15P2S2/c1-53(2)76(97-78(104)55(4)96-86(112)90(11,12)98-79(105)56(5)92-59(8)102)82(108)94-58(7)83(109)101(88(114)116-50-73-70-47-31-27-43-66(70)67-44-28-32-48-71(67)73)75(52-118(120,62-37-21-15-22-38-62)63-39-23-16-24-40-63)84(110)100(87(113)115-49-72-68-45-29-25-41-64(68)65-42-26-30-46-69(65)72)74(51-117(119,60-33-17-13-18-34-60)61-35-19-14-20-36-61)81(107)93-57(6)80(106)99-89(9,10)85(111)95-54(3)77(91)103/h13-48,53-58,72-76H,49-52H2,1-12H3,(H2,91,103)(H,92,102)(H,93,107)(H,94,108)(H,95,111)(H,96,112)(H,97,104)(H,98,105)(H,99,106)/t54-,55-,56-,57-,58-,74-,75-,76-/m0/s1. The number of primary amides is 1. The highest BCUT2D eigenvalue weighted by Crippen LogP contribution is 2.50. The first kappa shape index (κ1) is 90.5. The molecule has 10 N–H and O–H groups in total. The van der Waals surface area contributed by atoms with E-state index in [4.69, 9.17) is 38.8 Å². The lowest BCUT2D eigenvalue weighted by molar-refractivity contribution is -0.147. The molecule has 8 atom stereocenters. The van der Waals surface area contributed by atoms with Gasteiger partial charge in [-0.25, -0.2) is 19.4 Å². The van der Waals surface area contributed by atoms with Crippen LogP contribution in [0.15, 0.2) is 218 Å². The number of ether oxygens (including phenoxy) is 2. The minimum Gasteiger partial charge on any atom is -0.448 e. The molecule has 8 aromatic carbocycles. The number of nitrogens with two attached hydrogens (primary N) is 1. The molecule has 26 nitrogen and oxygen atoms in total. The molecule has 0 bridgehead atoms. The van der Waals surface area contributed by atoms with E-state index >= 15 is 28.8 Å². The number of carbonyl (C=O) groups is 13. The highest BCUT2D eigenvalue weighted by atomic mass is 32.4. The molecular weight excluding hydrogens is 1600 g/mol. The first-order valence-electron chi connectivity index (χ1n) is 39.4. The van der Waals surface area contributed by atoms with E-state index in [1.54, 1.807) is 135 Å². The largest absolute Gasteiger partial charge is 0.448 e. The Morgan fingerprint density at radius 3 is 1.03 bits per heavy atom. The van der Waals surface area contributed by atoms with Gasteiger partial charge < -0.3 is 57.7 Å². The number of fused-ring (bicyclic) bond motifs is 6. The van der Waals surface area contributed by atoms with Crippen molar-refractivity contribution in [2.75, 3.05) is 25.5 Å².